The minimum Gasteiger partial charge on any atom is -0.368 e. The van der Waals surface area contributed by atoms with Gasteiger partial charge in [0.1, 0.15) is 5.82 Å². The van der Waals surface area contributed by atoms with Gasteiger partial charge in [-0.25, -0.2) is 17.9 Å². The Balaban J connectivity index is 1.63. The van der Waals surface area contributed by atoms with Gasteiger partial charge >= 0.3 is 0 Å². The molecule has 2 aromatic carbocycles. The second-order valence-corrected chi connectivity index (χ2v) is 8.16. The lowest BCUT2D eigenvalue weighted by molar-refractivity contribution is -0.132. The van der Waals surface area contributed by atoms with E-state index in [1.54, 1.807) is 42.2 Å². The highest BCUT2D eigenvalue weighted by molar-refractivity contribution is 7.89. The van der Waals surface area contributed by atoms with Crippen molar-refractivity contribution in [2.45, 2.75) is 17.7 Å². The SMILES string of the molecule is C[C@H](C(=O)N1CCN(c2ccc(S(N)(=O)=O)cc2)CC1)c1ccccc1F. The van der Waals surface area contributed by atoms with Crippen molar-refractivity contribution in [3.8, 4) is 0 Å². The normalized spacial score (nSPS) is 16.3. The first kappa shape index (κ1) is 19.3. The Kier molecular flexibility index (Phi) is 5.48. The summed E-state index contributed by atoms with van der Waals surface area (Å²) in [5.41, 5.74) is 1.28. The lowest BCUT2D eigenvalue weighted by Gasteiger charge is -2.37. The number of hydrogen-bond acceptors (Lipinski definition) is 4. The molecule has 2 aromatic rings. The van der Waals surface area contributed by atoms with E-state index in [4.69, 9.17) is 5.14 Å². The Labute approximate surface area is 158 Å². The zero-order valence-corrected chi connectivity index (χ0v) is 15.8. The average Bonchev–Trinajstić information content (AvgIpc) is 2.67. The van der Waals surface area contributed by atoms with Gasteiger partial charge in [-0.15, -0.1) is 0 Å². The van der Waals surface area contributed by atoms with Crippen LogP contribution in [-0.2, 0) is 14.8 Å². The molecule has 1 aliphatic heterocycles. The van der Waals surface area contributed by atoms with Gasteiger partial charge in [-0.1, -0.05) is 18.2 Å². The maximum Gasteiger partial charge on any atom is 0.238 e. The summed E-state index contributed by atoms with van der Waals surface area (Å²) in [5, 5.41) is 5.11. The summed E-state index contributed by atoms with van der Waals surface area (Å²) in [6, 6.07) is 12.7. The molecule has 1 amide bonds. The third kappa shape index (κ3) is 4.28. The maximum atomic E-state index is 13.9. The highest BCUT2D eigenvalue weighted by atomic mass is 32.2. The number of benzene rings is 2. The Morgan fingerprint density at radius 1 is 1.04 bits per heavy atom. The van der Waals surface area contributed by atoms with Crippen molar-refractivity contribution in [1.82, 2.24) is 4.90 Å². The largest absolute Gasteiger partial charge is 0.368 e. The van der Waals surface area contributed by atoms with Crippen molar-refractivity contribution >= 4 is 21.6 Å². The van der Waals surface area contributed by atoms with E-state index in [1.807, 2.05) is 0 Å². The molecule has 0 bridgehead atoms. The molecular weight excluding hydrogens is 369 g/mol. The average molecular weight is 391 g/mol. The molecule has 8 heteroatoms. The molecule has 0 aliphatic carbocycles. The maximum absolute atomic E-state index is 13.9. The smallest absolute Gasteiger partial charge is 0.238 e. The summed E-state index contributed by atoms with van der Waals surface area (Å²) in [4.78, 5) is 16.6. The third-order valence-corrected chi connectivity index (χ3v) is 5.79. The van der Waals surface area contributed by atoms with E-state index < -0.39 is 15.9 Å². The summed E-state index contributed by atoms with van der Waals surface area (Å²) >= 11 is 0. The highest BCUT2D eigenvalue weighted by Gasteiger charge is 2.27. The molecule has 2 N–H and O–H groups in total. The Hall–Kier alpha value is -2.45. The van der Waals surface area contributed by atoms with E-state index in [0.717, 1.165) is 5.69 Å². The number of primary sulfonamides is 1. The fraction of sp³-hybridized carbons (Fsp3) is 0.316. The predicted octanol–water partition coefficient (Wildman–Crippen LogP) is 1.93. The number of amides is 1. The molecule has 0 radical (unpaired) electrons. The van der Waals surface area contributed by atoms with Gasteiger partial charge < -0.3 is 9.80 Å². The molecule has 1 saturated heterocycles. The van der Waals surface area contributed by atoms with Crippen LogP contribution < -0.4 is 10.0 Å². The topological polar surface area (TPSA) is 83.7 Å². The van der Waals surface area contributed by atoms with Crippen LogP contribution in [0, 0.1) is 5.82 Å². The molecule has 0 spiro atoms. The molecule has 0 saturated carbocycles. The lowest BCUT2D eigenvalue weighted by atomic mass is 9.98. The zero-order valence-electron chi connectivity index (χ0n) is 15.0. The van der Waals surface area contributed by atoms with Crippen molar-refractivity contribution in [1.29, 1.82) is 0 Å². The van der Waals surface area contributed by atoms with Crippen LogP contribution in [0.4, 0.5) is 10.1 Å². The number of sulfonamides is 1. The molecular formula is C19H22FN3O3S. The fourth-order valence-electron chi connectivity index (χ4n) is 3.26. The highest BCUT2D eigenvalue weighted by Crippen LogP contribution is 2.23. The number of carbonyl (C=O) groups is 1. The van der Waals surface area contributed by atoms with Gasteiger partial charge in [-0.05, 0) is 42.8 Å². The number of anilines is 1. The molecule has 1 heterocycles. The van der Waals surface area contributed by atoms with Crippen LogP contribution in [-0.4, -0.2) is 45.4 Å². The Bertz CT molecular complexity index is 923. The molecule has 1 aliphatic rings. The standard InChI is InChI=1S/C19H22FN3O3S/c1-14(17-4-2-3-5-18(17)20)19(24)23-12-10-22(11-13-23)15-6-8-16(9-7-15)27(21,25)26/h2-9,14H,10-13H2,1H3,(H2,21,25,26)/t14-/m0/s1. The van der Waals surface area contributed by atoms with Gasteiger partial charge in [0.15, 0.2) is 0 Å². The Morgan fingerprint density at radius 2 is 1.63 bits per heavy atom. The molecule has 6 nitrogen and oxygen atoms in total. The first-order valence-corrected chi connectivity index (χ1v) is 10.2. The van der Waals surface area contributed by atoms with E-state index >= 15 is 0 Å². The van der Waals surface area contributed by atoms with Crippen LogP contribution >= 0.6 is 0 Å². The quantitative estimate of drug-likeness (QED) is 0.863. The molecule has 1 fully saturated rings. The summed E-state index contributed by atoms with van der Waals surface area (Å²) in [6.07, 6.45) is 0. The predicted molar refractivity (Wildman–Crippen MR) is 101 cm³/mol. The summed E-state index contributed by atoms with van der Waals surface area (Å²) in [7, 11) is -3.71. The number of hydrogen-bond donors (Lipinski definition) is 1. The van der Waals surface area contributed by atoms with Crippen LogP contribution in [0.2, 0.25) is 0 Å². The van der Waals surface area contributed by atoms with E-state index in [-0.39, 0.29) is 16.6 Å². The van der Waals surface area contributed by atoms with Crippen LogP contribution in [0.15, 0.2) is 53.4 Å². The third-order valence-electron chi connectivity index (χ3n) is 4.86. The van der Waals surface area contributed by atoms with E-state index in [0.29, 0.717) is 31.7 Å². The molecule has 0 aromatic heterocycles. The fourth-order valence-corrected chi connectivity index (χ4v) is 3.78. The van der Waals surface area contributed by atoms with Gasteiger partial charge in [0.2, 0.25) is 15.9 Å². The second-order valence-electron chi connectivity index (χ2n) is 6.59. The van der Waals surface area contributed by atoms with Crippen LogP contribution in [0.5, 0.6) is 0 Å². The first-order valence-electron chi connectivity index (χ1n) is 8.68. The molecule has 27 heavy (non-hydrogen) atoms. The number of nitrogens with zero attached hydrogens (tertiary/aromatic N) is 2. The Morgan fingerprint density at radius 3 is 2.19 bits per heavy atom. The summed E-state index contributed by atoms with van der Waals surface area (Å²) < 4.78 is 36.6. The van der Waals surface area contributed by atoms with Crippen LogP contribution in [0.25, 0.3) is 0 Å². The van der Waals surface area contributed by atoms with Crippen LogP contribution in [0.1, 0.15) is 18.4 Å². The molecule has 144 valence electrons. The first-order chi connectivity index (χ1) is 12.8. The lowest BCUT2D eigenvalue weighted by Crippen LogP contribution is -2.49. The minimum atomic E-state index is -3.71. The zero-order chi connectivity index (χ0) is 19.6. The molecule has 1 atom stereocenters. The number of nitrogens with two attached hydrogens (primary N) is 1. The van der Waals surface area contributed by atoms with Crippen molar-refractivity contribution in [3.05, 3.63) is 59.9 Å². The van der Waals surface area contributed by atoms with Gasteiger partial charge in [-0.3, -0.25) is 4.79 Å². The van der Waals surface area contributed by atoms with Crippen molar-refractivity contribution < 1.29 is 17.6 Å². The number of carbonyl (C=O) groups excluding carboxylic acids is 1. The van der Waals surface area contributed by atoms with E-state index in [9.17, 15) is 17.6 Å². The second kappa shape index (κ2) is 7.66. The van der Waals surface area contributed by atoms with Gasteiger partial charge in [-0.2, -0.15) is 0 Å². The summed E-state index contributed by atoms with van der Waals surface area (Å²) in [6.45, 7) is 4.00. The van der Waals surface area contributed by atoms with Gasteiger partial charge in [0.25, 0.3) is 0 Å². The number of piperazine rings is 1. The van der Waals surface area contributed by atoms with Crippen LogP contribution in [0.3, 0.4) is 0 Å². The van der Waals surface area contributed by atoms with Gasteiger partial charge in [0, 0.05) is 31.9 Å². The number of halogens is 1. The van der Waals surface area contributed by atoms with E-state index in [1.165, 1.54) is 18.2 Å². The monoisotopic (exact) mass is 391 g/mol. The van der Waals surface area contributed by atoms with Crippen molar-refractivity contribution in [2.75, 3.05) is 31.1 Å². The number of rotatable bonds is 4. The molecule has 3 rings (SSSR count). The van der Waals surface area contributed by atoms with E-state index in [2.05, 4.69) is 4.90 Å². The van der Waals surface area contributed by atoms with Crippen molar-refractivity contribution in [2.24, 2.45) is 5.14 Å². The van der Waals surface area contributed by atoms with Gasteiger partial charge in [0.05, 0.1) is 10.8 Å². The molecule has 0 unspecified atom stereocenters. The minimum absolute atomic E-state index is 0.0683. The summed E-state index contributed by atoms with van der Waals surface area (Å²) in [5.74, 6) is -0.997. The van der Waals surface area contributed by atoms with Crippen molar-refractivity contribution in [3.63, 3.8) is 0 Å².